The molecule has 1 saturated carbocycles. The molecule has 8 N–H and O–H groups in total. The van der Waals surface area contributed by atoms with Crippen LogP contribution in [0.3, 0.4) is 0 Å². The topological polar surface area (TPSA) is 172 Å². The molecule has 1 aliphatic rings. The van der Waals surface area contributed by atoms with E-state index < -0.39 is 5.41 Å². The zero-order valence-electron chi connectivity index (χ0n) is 15.4. The number of nitrogens with two attached hydrogens (primary N) is 4. The molecule has 0 aromatic carbocycles. The van der Waals surface area contributed by atoms with Gasteiger partial charge < -0.3 is 22.9 Å². The number of carbonyl (C=O) groups excluding carboxylic acids is 4. The molecule has 0 bridgehead atoms. The van der Waals surface area contributed by atoms with E-state index in [1.807, 2.05) is 6.92 Å². The highest BCUT2D eigenvalue weighted by molar-refractivity contribution is 5.80. The first-order valence-corrected chi connectivity index (χ1v) is 8.56. The Morgan fingerprint density at radius 3 is 1.48 bits per heavy atom. The Morgan fingerprint density at radius 2 is 1.24 bits per heavy atom. The number of hydrogen-bond acceptors (Lipinski definition) is 4. The summed E-state index contributed by atoms with van der Waals surface area (Å²) in [7, 11) is 0. The van der Waals surface area contributed by atoms with Gasteiger partial charge in [0, 0.05) is 23.7 Å². The molecule has 0 spiro atoms. The van der Waals surface area contributed by atoms with Crippen molar-refractivity contribution in [2.45, 2.75) is 59.3 Å². The molecule has 1 rings (SSSR count). The van der Waals surface area contributed by atoms with Gasteiger partial charge in [0.05, 0.1) is 0 Å². The van der Waals surface area contributed by atoms with Crippen molar-refractivity contribution in [1.29, 1.82) is 0 Å². The molecule has 144 valence electrons. The number of hydrogen-bond donors (Lipinski definition) is 4. The second kappa shape index (κ2) is 10.0. The van der Waals surface area contributed by atoms with Crippen LogP contribution in [0.15, 0.2) is 0 Å². The van der Waals surface area contributed by atoms with E-state index in [0.717, 1.165) is 0 Å². The summed E-state index contributed by atoms with van der Waals surface area (Å²) >= 11 is 0. The van der Waals surface area contributed by atoms with Crippen molar-refractivity contribution >= 4 is 23.6 Å². The fourth-order valence-corrected chi connectivity index (χ4v) is 2.62. The van der Waals surface area contributed by atoms with Crippen molar-refractivity contribution in [3.8, 4) is 0 Å². The molecule has 0 saturated heterocycles. The highest BCUT2D eigenvalue weighted by Crippen LogP contribution is 2.29. The monoisotopic (exact) mass is 356 g/mol. The molecule has 1 aliphatic carbocycles. The van der Waals surface area contributed by atoms with Crippen molar-refractivity contribution in [3.63, 3.8) is 0 Å². The Labute approximate surface area is 149 Å². The fraction of sp³-hybridized carbons (Fsp3) is 0.765. The molecular formula is C17H32N4O4. The van der Waals surface area contributed by atoms with E-state index in [1.54, 1.807) is 13.8 Å². The van der Waals surface area contributed by atoms with E-state index in [0.29, 0.717) is 38.5 Å². The van der Waals surface area contributed by atoms with Crippen LogP contribution in [0, 0.1) is 23.2 Å². The first-order valence-electron chi connectivity index (χ1n) is 8.56. The van der Waals surface area contributed by atoms with E-state index >= 15 is 0 Å². The lowest BCUT2D eigenvalue weighted by Gasteiger charge is -2.27. The maximum absolute atomic E-state index is 11.0. The van der Waals surface area contributed by atoms with E-state index in [1.165, 1.54) is 0 Å². The first-order chi connectivity index (χ1) is 11.4. The van der Waals surface area contributed by atoms with Crippen LogP contribution in [-0.4, -0.2) is 23.6 Å². The highest BCUT2D eigenvalue weighted by atomic mass is 16.2. The third kappa shape index (κ3) is 8.00. The van der Waals surface area contributed by atoms with Gasteiger partial charge in [0.25, 0.3) is 0 Å². The van der Waals surface area contributed by atoms with Gasteiger partial charge in [0.2, 0.25) is 23.6 Å². The minimum Gasteiger partial charge on any atom is -0.370 e. The second-order valence-corrected chi connectivity index (χ2v) is 7.35. The number of rotatable bonds is 7. The van der Waals surface area contributed by atoms with E-state index in [4.69, 9.17) is 22.9 Å². The molecule has 1 unspecified atom stereocenters. The van der Waals surface area contributed by atoms with Crippen molar-refractivity contribution in [2.24, 2.45) is 46.1 Å². The maximum Gasteiger partial charge on any atom is 0.223 e. The van der Waals surface area contributed by atoms with Crippen LogP contribution < -0.4 is 22.9 Å². The second-order valence-electron chi connectivity index (χ2n) is 7.35. The minimum atomic E-state index is -0.574. The SMILES string of the molecule is CC(CCC(N)=O)C(C)(C)C(N)=O.NC(=O)C1CCC(C(N)=O)CC1. The third-order valence-electron chi connectivity index (χ3n) is 5.22. The van der Waals surface area contributed by atoms with Gasteiger partial charge in [-0.15, -0.1) is 0 Å². The Balaban J connectivity index is 0.000000462. The summed E-state index contributed by atoms with van der Waals surface area (Å²) in [6.07, 6.45) is 3.75. The average molecular weight is 356 g/mol. The molecular weight excluding hydrogens is 324 g/mol. The predicted molar refractivity (Wildman–Crippen MR) is 94.4 cm³/mol. The zero-order chi connectivity index (χ0) is 19.8. The van der Waals surface area contributed by atoms with Crippen molar-refractivity contribution in [3.05, 3.63) is 0 Å². The standard InChI is InChI=1S/C9H18N2O2.C8H14N2O2/c1-6(4-5-7(10)12)9(2,3)8(11)13;9-7(11)5-1-2-6(4-3-5)8(10)12/h6H,4-5H2,1-3H3,(H2,10,12)(H2,11,13);5-6H,1-4H2,(H2,9,11)(H2,10,12). The van der Waals surface area contributed by atoms with Crippen LogP contribution in [-0.2, 0) is 19.2 Å². The van der Waals surface area contributed by atoms with Crippen LogP contribution >= 0.6 is 0 Å². The molecule has 25 heavy (non-hydrogen) atoms. The van der Waals surface area contributed by atoms with Gasteiger partial charge in [0.1, 0.15) is 0 Å². The summed E-state index contributed by atoms with van der Waals surface area (Å²) in [4.78, 5) is 43.0. The first kappa shape index (κ1) is 22.9. The van der Waals surface area contributed by atoms with Gasteiger partial charge in [-0.25, -0.2) is 0 Å². The van der Waals surface area contributed by atoms with Gasteiger partial charge in [-0.05, 0) is 38.0 Å². The Kier molecular flexibility index (Phi) is 9.16. The average Bonchev–Trinajstić information content (AvgIpc) is 2.52. The van der Waals surface area contributed by atoms with Gasteiger partial charge in [-0.3, -0.25) is 19.2 Å². The zero-order valence-corrected chi connectivity index (χ0v) is 15.4. The summed E-state index contributed by atoms with van der Waals surface area (Å²) < 4.78 is 0. The number of primary amides is 4. The summed E-state index contributed by atoms with van der Waals surface area (Å²) in [6, 6.07) is 0. The molecule has 0 aromatic rings. The maximum atomic E-state index is 11.0. The largest absolute Gasteiger partial charge is 0.370 e. The number of amides is 4. The summed E-state index contributed by atoms with van der Waals surface area (Å²) in [5, 5.41) is 0. The van der Waals surface area contributed by atoms with Crippen LogP contribution in [0.1, 0.15) is 59.3 Å². The lowest BCUT2D eigenvalue weighted by Crippen LogP contribution is -2.37. The molecule has 1 atom stereocenters. The van der Waals surface area contributed by atoms with Crippen molar-refractivity contribution in [2.75, 3.05) is 0 Å². The summed E-state index contributed by atoms with van der Waals surface area (Å²) in [5.41, 5.74) is 19.9. The molecule has 8 nitrogen and oxygen atoms in total. The Hall–Kier alpha value is -2.12. The van der Waals surface area contributed by atoms with Crippen LogP contribution in [0.5, 0.6) is 0 Å². The van der Waals surface area contributed by atoms with Gasteiger partial charge >= 0.3 is 0 Å². The van der Waals surface area contributed by atoms with E-state index in [9.17, 15) is 19.2 Å². The summed E-state index contributed by atoms with van der Waals surface area (Å²) in [6.45, 7) is 5.45. The molecule has 8 heteroatoms. The lowest BCUT2D eigenvalue weighted by molar-refractivity contribution is -0.129. The van der Waals surface area contributed by atoms with Crippen LogP contribution in [0.2, 0.25) is 0 Å². The molecule has 0 radical (unpaired) electrons. The molecule has 0 heterocycles. The summed E-state index contributed by atoms with van der Waals surface area (Å²) in [5.74, 6) is -1.20. The quantitative estimate of drug-likeness (QED) is 0.509. The minimum absolute atomic E-state index is 0.0411. The van der Waals surface area contributed by atoms with Crippen LogP contribution in [0.4, 0.5) is 0 Å². The van der Waals surface area contributed by atoms with Gasteiger partial charge in [-0.2, -0.15) is 0 Å². The third-order valence-corrected chi connectivity index (χ3v) is 5.22. The van der Waals surface area contributed by atoms with Gasteiger partial charge in [0.15, 0.2) is 0 Å². The lowest BCUT2D eigenvalue weighted by atomic mass is 9.77. The van der Waals surface area contributed by atoms with Gasteiger partial charge in [-0.1, -0.05) is 20.8 Å². The molecule has 4 amide bonds. The van der Waals surface area contributed by atoms with E-state index in [-0.39, 0.29) is 41.4 Å². The Morgan fingerprint density at radius 1 is 0.880 bits per heavy atom. The highest BCUT2D eigenvalue weighted by Gasteiger charge is 2.31. The normalized spacial score (nSPS) is 21.4. The molecule has 0 aromatic heterocycles. The van der Waals surface area contributed by atoms with E-state index in [2.05, 4.69) is 0 Å². The molecule has 0 aliphatic heterocycles. The number of carbonyl (C=O) groups is 4. The smallest absolute Gasteiger partial charge is 0.223 e. The van der Waals surface area contributed by atoms with Crippen LogP contribution in [0.25, 0.3) is 0 Å². The van der Waals surface area contributed by atoms with Crippen molar-refractivity contribution in [1.82, 2.24) is 0 Å². The Bertz CT molecular complexity index is 475. The predicted octanol–water partition coefficient (Wildman–Crippen LogP) is 0.163. The van der Waals surface area contributed by atoms with Crippen molar-refractivity contribution < 1.29 is 19.2 Å². The fourth-order valence-electron chi connectivity index (χ4n) is 2.62. The molecule has 1 fully saturated rings.